The topological polar surface area (TPSA) is 71.0 Å². The van der Waals surface area contributed by atoms with Gasteiger partial charge in [0.1, 0.15) is 9.84 Å². The summed E-state index contributed by atoms with van der Waals surface area (Å²) in [4.78, 5) is 6.67. The number of hydrogen-bond donors (Lipinski definition) is 1. The van der Waals surface area contributed by atoms with Crippen molar-refractivity contribution in [2.45, 2.75) is 33.1 Å². The Morgan fingerprint density at radius 1 is 1.33 bits per heavy atom. The molecule has 1 heterocycles. The van der Waals surface area contributed by atoms with E-state index in [-0.39, 0.29) is 36.3 Å². The molecule has 1 aliphatic heterocycles. The van der Waals surface area contributed by atoms with E-state index >= 15 is 0 Å². The molecule has 0 amide bonds. The lowest BCUT2D eigenvalue weighted by Gasteiger charge is -2.24. The Kier molecular flexibility index (Phi) is 12.2. The molecule has 6 nitrogen and oxygen atoms in total. The van der Waals surface area contributed by atoms with Gasteiger partial charge in [-0.1, -0.05) is 26.7 Å². The second kappa shape index (κ2) is 12.3. The van der Waals surface area contributed by atoms with E-state index in [4.69, 9.17) is 4.74 Å². The van der Waals surface area contributed by atoms with Gasteiger partial charge < -0.3 is 15.0 Å². The van der Waals surface area contributed by atoms with Crippen LogP contribution in [0.2, 0.25) is 0 Å². The molecule has 0 spiro atoms. The summed E-state index contributed by atoms with van der Waals surface area (Å²) in [7, 11) is -1.14. The number of rotatable bonds is 9. The van der Waals surface area contributed by atoms with Crippen LogP contribution in [0.1, 0.15) is 33.1 Å². The zero-order valence-corrected chi connectivity index (χ0v) is 18.6. The lowest BCUT2D eigenvalue weighted by atomic mass is 9.87. The van der Waals surface area contributed by atoms with Crippen LogP contribution in [0, 0.1) is 11.8 Å². The monoisotopic (exact) mass is 475 g/mol. The van der Waals surface area contributed by atoms with Crippen molar-refractivity contribution in [1.82, 2.24) is 10.2 Å². The SMILES string of the molecule is CCC(CC)C1CCN(C(=NC)NCCOCCS(C)(=O)=O)C1.I. The zero-order valence-electron chi connectivity index (χ0n) is 15.5. The molecule has 0 aliphatic carbocycles. The fourth-order valence-electron chi connectivity index (χ4n) is 3.20. The van der Waals surface area contributed by atoms with Crippen molar-refractivity contribution in [3.8, 4) is 0 Å². The number of nitrogens with zero attached hydrogens (tertiary/aromatic N) is 2. The van der Waals surface area contributed by atoms with E-state index in [2.05, 4.69) is 29.1 Å². The van der Waals surface area contributed by atoms with Crippen molar-refractivity contribution in [2.75, 3.05) is 51.9 Å². The first-order valence-electron chi connectivity index (χ1n) is 8.62. The van der Waals surface area contributed by atoms with Gasteiger partial charge in [-0.2, -0.15) is 0 Å². The van der Waals surface area contributed by atoms with Crippen LogP contribution in [0.4, 0.5) is 0 Å². The average Bonchev–Trinajstić information content (AvgIpc) is 2.96. The second-order valence-corrected chi connectivity index (χ2v) is 8.55. The number of guanidine groups is 1. The fourth-order valence-corrected chi connectivity index (χ4v) is 3.62. The van der Waals surface area contributed by atoms with E-state index in [1.54, 1.807) is 7.05 Å². The molecule has 0 bridgehead atoms. The van der Waals surface area contributed by atoms with Crippen molar-refractivity contribution < 1.29 is 13.2 Å². The van der Waals surface area contributed by atoms with Crippen molar-refractivity contribution in [2.24, 2.45) is 16.8 Å². The van der Waals surface area contributed by atoms with Crippen molar-refractivity contribution >= 4 is 39.8 Å². The number of aliphatic imine (C=N–C) groups is 1. The summed E-state index contributed by atoms with van der Waals surface area (Å²) in [5.74, 6) is 2.56. The number of ether oxygens (including phenoxy) is 1. The molecular formula is C16H34IN3O3S. The Labute approximate surface area is 164 Å². The maximum absolute atomic E-state index is 11.0. The minimum atomic E-state index is -2.94. The van der Waals surface area contributed by atoms with Gasteiger partial charge in [0, 0.05) is 32.9 Å². The molecule has 8 heteroatoms. The number of halogens is 1. The normalized spacial score (nSPS) is 18.8. The van der Waals surface area contributed by atoms with Crippen LogP contribution in [0.3, 0.4) is 0 Å². The maximum atomic E-state index is 11.0. The van der Waals surface area contributed by atoms with Gasteiger partial charge in [0.2, 0.25) is 0 Å². The Balaban J connectivity index is 0.00000529. The standard InChI is InChI=1S/C16H33N3O3S.HI/c1-5-14(6-2)15-7-9-19(13-15)16(17-3)18-8-10-22-11-12-23(4,20)21;/h14-15H,5-13H2,1-4H3,(H,17,18);1H. The predicted molar refractivity (Wildman–Crippen MR) is 111 cm³/mol. The Hall–Kier alpha value is -0.0900. The van der Waals surface area contributed by atoms with Gasteiger partial charge in [0.25, 0.3) is 0 Å². The van der Waals surface area contributed by atoms with Gasteiger partial charge >= 0.3 is 0 Å². The first kappa shape index (κ1) is 23.9. The van der Waals surface area contributed by atoms with Gasteiger partial charge in [-0.3, -0.25) is 4.99 Å². The predicted octanol–water partition coefficient (Wildman–Crippen LogP) is 2.00. The molecule has 1 rings (SSSR count). The molecule has 1 saturated heterocycles. The third kappa shape index (κ3) is 8.84. The Morgan fingerprint density at radius 3 is 2.54 bits per heavy atom. The molecule has 144 valence electrons. The average molecular weight is 475 g/mol. The molecular weight excluding hydrogens is 441 g/mol. The molecule has 24 heavy (non-hydrogen) atoms. The molecule has 0 aromatic rings. The molecule has 1 aliphatic rings. The lowest BCUT2D eigenvalue weighted by Crippen LogP contribution is -2.41. The number of likely N-dealkylation sites (tertiary alicyclic amines) is 1. The molecule has 1 atom stereocenters. The summed E-state index contributed by atoms with van der Waals surface area (Å²) in [6.45, 7) is 8.05. The maximum Gasteiger partial charge on any atom is 0.193 e. The highest BCUT2D eigenvalue weighted by atomic mass is 127. The van der Waals surface area contributed by atoms with Crippen LogP contribution in [-0.2, 0) is 14.6 Å². The number of sulfone groups is 1. The van der Waals surface area contributed by atoms with Crippen LogP contribution in [0.25, 0.3) is 0 Å². The number of hydrogen-bond acceptors (Lipinski definition) is 4. The first-order valence-corrected chi connectivity index (χ1v) is 10.7. The van der Waals surface area contributed by atoms with Crippen LogP contribution >= 0.6 is 24.0 Å². The quantitative estimate of drug-likeness (QED) is 0.239. The molecule has 0 saturated carbocycles. The van der Waals surface area contributed by atoms with Gasteiger partial charge in [0.05, 0.1) is 19.0 Å². The van der Waals surface area contributed by atoms with E-state index in [0.717, 1.165) is 30.9 Å². The lowest BCUT2D eigenvalue weighted by molar-refractivity contribution is 0.153. The van der Waals surface area contributed by atoms with E-state index in [0.29, 0.717) is 13.2 Å². The highest BCUT2D eigenvalue weighted by Crippen LogP contribution is 2.28. The molecule has 1 unspecified atom stereocenters. The summed E-state index contributed by atoms with van der Waals surface area (Å²) < 4.78 is 27.4. The molecule has 0 aromatic carbocycles. The third-order valence-corrected chi connectivity index (χ3v) is 5.49. The van der Waals surface area contributed by atoms with Crippen molar-refractivity contribution in [1.29, 1.82) is 0 Å². The van der Waals surface area contributed by atoms with Gasteiger partial charge in [0.15, 0.2) is 5.96 Å². The highest BCUT2D eigenvalue weighted by molar-refractivity contribution is 14.0. The summed E-state index contributed by atoms with van der Waals surface area (Å²) in [5, 5.41) is 3.31. The van der Waals surface area contributed by atoms with Gasteiger partial charge in [-0.05, 0) is 18.3 Å². The fraction of sp³-hybridized carbons (Fsp3) is 0.938. The molecule has 0 aromatic heterocycles. The summed E-state index contributed by atoms with van der Waals surface area (Å²) >= 11 is 0. The van der Waals surface area contributed by atoms with Gasteiger partial charge in [-0.25, -0.2) is 8.42 Å². The largest absolute Gasteiger partial charge is 0.379 e. The molecule has 1 N–H and O–H groups in total. The summed E-state index contributed by atoms with van der Waals surface area (Å²) in [6, 6.07) is 0. The third-order valence-electron chi connectivity index (χ3n) is 4.58. The number of nitrogens with one attached hydrogen (secondary N) is 1. The van der Waals surface area contributed by atoms with Crippen LogP contribution < -0.4 is 5.32 Å². The van der Waals surface area contributed by atoms with Crippen LogP contribution in [0.5, 0.6) is 0 Å². The second-order valence-electron chi connectivity index (χ2n) is 6.29. The molecule has 1 fully saturated rings. The Morgan fingerprint density at radius 2 is 2.00 bits per heavy atom. The minimum absolute atomic E-state index is 0. The van der Waals surface area contributed by atoms with Crippen LogP contribution in [-0.4, -0.2) is 71.2 Å². The van der Waals surface area contributed by atoms with Crippen molar-refractivity contribution in [3.05, 3.63) is 0 Å². The zero-order chi connectivity index (χ0) is 17.3. The highest BCUT2D eigenvalue weighted by Gasteiger charge is 2.29. The first-order chi connectivity index (χ1) is 10.9. The smallest absolute Gasteiger partial charge is 0.193 e. The van der Waals surface area contributed by atoms with E-state index in [1.165, 1.54) is 25.5 Å². The van der Waals surface area contributed by atoms with Gasteiger partial charge in [-0.15, -0.1) is 24.0 Å². The van der Waals surface area contributed by atoms with Crippen molar-refractivity contribution in [3.63, 3.8) is 0 Å². The Bertz CT molecular complexity index is 467. The summed E-state index contributed by atoms with van der Waals surface area (Å²) in [6.07, 6.45) is 4.95. The van der Waals surface area contributed by atoms with E-state index in [9.17, 15) is 8.42 Å². The summed E-state index contributed by atoms with van der Waals surface area (Å²) in [5.41, 5.74) is 0. The minimum Gasteiger partial charge on any atom is -0.379 e. The van der Waals surface area contributed by atoms with Crippen LogP contribution in [0.15, 0.2) is 4.99 Å². The molecule has 0 radical (unpaired) electrons. The van der Waals surface area contributed by atoms with E-state index < -0.39 is 9.84 Å². The van der Waals surface area contributed by atoms with E-state index in [1.807, 2.05) is 0 Å².